The molecule has 3 fully saturated rings. The van der Waals surface area contributed by atoms with E-state index in [0.29, 0.717) is 19.5 Å². The van der Waals surface area contributed by atoms with Crippen LogP contribution >= 0.6 is 12.0 Å². The Morgan fingerprint density at radius 1 is 1.38 bits per heavy atom. The van der Waals surface area contributed by atoms with Gasteiger partial charge < -0.3 is 15.5 Å². The van der Waals surface area contributed by atoms with E-state index in [0.717, 1.165) is 49.2 Å². The first-order valence-electron chi connectivity index (χ1n) is 11.8. The predicted octanol–water partition coefficient (Wildman–Crippen LogP) is 0.891. The van der Waals surface area contributed by atoms with Gasteiger partial charge in [0.05, 0.1) is 36.2 Å². The standard InChI is InChI=1S/C23H30N6O4S/c1-26-32-33-34-17-5-6-18-14(9-17)4-7-20(18)29-16-10-21(23(29)31)27(12-16)13-19(25)22(30)28-8-2-3-15(28)11-24/h5-6,9,15-16,19-21,26H,2-4,7-8,10,12-13,25H2,1H3/t15-,16?,19-,20-,21+/m0/s1. The number of likely N-dealkylation sites (tertiary alicyclic amines) is 3. The number of carbonyl (C=O) groups is 2. The van der Waals surface area contributed by atoms with E-state index in [1.54, 1.807) is 11.9 Å². The summed E-state index contributed by atoms with van der Waals surface area (Å²) in [5.41, 5.74) is 11.2. The van der Waals surface area contributed by atoms with Gasteiger partial charge in [0.1, 0.15) is 6.04 Å². The van der Waals surface area contributed by atoms with Crippen molar-refractivity contribution in [1.82, 2.24) is 20.2 Å². The lowest BCUT2D eigenvalue weighted by atomic mass is 10.1. The van der Waals surface area contributed by atoms with Gasteiger partial charge in [-0.25, -0.2) is 0 Å². The lowest BCUT2D eigenvalue weighted by Crippen LogP contribution is -2.56. The quantitative estimate of drug-likeness (QED) is 0.239. The third kappa shape index (κ3) is 4.19. The number of benzene rings is 1. The number of nitrogens with two attached hydrogens (primary N) is 1. The van der Waals surface area contributed by atoms with Gasteiger partial charge in [0, 0.05) is 37.6 Å². The van der Waals surface area contributed by atoms with Crippen molar-refractivity contribution in [2.75, 3.05) is 26.7 Å². The molecule has 0 aromatic heterocycles. The summed E-state index contributed by atoms with van der Waals surface area (Å²) in [5.74, 6) is -0.0485. The van der Waals surface area contributed by atoms with Crippen LogP contribution in [0.1, 0.15) is 42.9 Å². The molecule has 3 aliphatic heterocycles. The lowest BCUT2D eigenvalue weighted by Gasteiger charge is -2.38. The van der Waals surface area contributed by atoms with Gasteiger partial charge in [-0.2, -0.15) is 10.7 Å². The molecule has 11 heteroatoms. The van der Waals surface area contributed by atoms with E-state index in [1.807, 2.05) is 6.07 Å². The number of fused-ring (bicyclic) bond motifs is 3. The molecule has 3 saturated heterocycles. The van der Waals surface area contributed by atoms with E-state index >= 15 is 0 Å². The zero-order valence-electron chi connectivity index (χ0n) is 19.2. The van der Waals surface area contributed by atoms with Gasteiger partial charge >= 0.3 is 0 Å². The van der Waals surface area contributed by atoms with Crippen LogP contribution in [0.3, 0.4) is 0 Å². The second-order valence-electron chi connectivity index (χ2n) is 9.38. The average molecular weight is 487 g/mol. The first-order valence-corrected chi connectivity index (χ1v) is 12.6. The number of nitrogens with one attached hydrogen (secondary N) is 1. The maximum atomic E-state index is 13.4. The van der Waals surface area contributed by atoms with Gasteiger partial charge in [-0.1, -0.05) is 6.07 Å². The van der Waals surface area contributed by atoms with E-state index < -0.39 is 6.04 Å². The van der Waals surface area contributed by atoms with Gasteiger partial charge in [-0.3, -0.25) is 14.5 Å². The lowest BCUT2D eigenvalue weighted by molar-refractivity contribution is -0.237. The minimum Gasteiger partial charge on any atom is -0.330 e. The molecular formula is C23H30N6O4S. The summed E-state index contributed by atoms with van der Waals surface area (Å²) in [5, 5.41) is 9.28. The molecule has 1 unspecified atom stereocenters. The Morgan fingerprint density at radius 3 is 3.00 bits per heavy atom. The van der Waals surface area contributed by atoms with Gasteiger partial charge in [0.2, 0.25) is 11.8 Å². The highest BCUT2D eigenvalue weighted by Crippen LogP contribution is 2.44. The number of carbonyl (C=O) groups excluding carboxylic acids is 2. The normalized spacial score (nSPS) is 29.0. The number of hydroxylamine groups is 1. The van der Waals surface area contributed by atoms with Crippen molar-refractivity contribution in [3.8, 4) is 6.07 Å². The smallest absolute Gasteiger partial charge is 0.241 e. The van der Waals surface area contributed by atoms with Crippen molar-refractivity contribution >= 4 is 23.9 Å². The Balaban J connectivity index is 1.21. The Morgan fingerprint density at radius 2 is 2.24 bits per heavy atom. The largest absolute Gasteiger partial charge is 0.330 e. The fraction of sp³-hybridized carbons (Fsp3) is 0.609. The highest BCUT2D eigenvalue weighted by Gasteiger charge is 2.53. The van der Waals surface area contributed by atoms with Crippen molar-refractivity contribution < 1.29 is 18.9 Å². The molecular weight excluding hydrogens is 456 g/mol. The number of amides is 2. The number of aryl methyl sites for hydroxylation is 1. The number of nitriles is 1. The first kappa shape index (κ1) is 23.5. The fourth-order valence-electron chi connectivity index (χ4n) is 6.01. The first-order chi connectivity index (χ1) is 16.5. The van der Waals surface area contributed by atoms with Crippen LogP contribution in [0.2, 0.25) is 0 Å². The molecule has 2 bridgehead atoms. The van der Waals surface area contributed by atoms with Crippen molar-refractivity contribution in [2.45, 2.75) is 67.2 Å². The molecule has 2 amide bonds. The van der Waals surface area contributed by atoms with E-state index in [1.165, 1.54) is 11.1 Å². The summed E-state index contributed by atoms with van der Waals surface area (Å²) in [6.07, 6.45) is 4.14. The highest BCUT2D eigenvalue weighted by molar-refractivity contribution is 7.94. The molecule has 0 spiro atoms. The molecule has 1 aliphatic carbocycles. The maximum absolute atomic E-state index is 13.4. The fourth-order valence-corrected chi connectivity index (χ4v) is 6.51. The van der Waals surface area contributed by atoms with E-state index in [2.05, 4.69) is 33.5 Å². The molecule has 1 aromatic rings. The Labute approximate surface area is 203 Å². The number of hydrogen-bond acceptors (Lipinski definition) is 9. The predicted molar refractivity (Wildman–Crippen MR) is 124 cm³/mol. The third-order valence-corrected chi connectivity index (χ3v) is 8.07. The van der Waals surface area contributed by atoms with Crippen molar-refractivity contribution in [3.05, 3.63) is 29.3 Å². The van der Waals surface area contributed by atoms with Gasteiger partial charge in [-0.15, -0.1) is 9.32 Å². The zero-order valence-corrected chi connectivity index (χ0v) is 20.0. The molecule has 4 aliphatic rings. The summed E-state index contributed by atoms with van der Waals surface area (Å²) < 4.78 is 5.00. The molecule has 182 valence electrons. The number of nitrogens with zero attached hydrogens (tertiary/aromatic N) is 4. The third-order valence-electron chi connectivity index (χ3n) is 7.49. The van der Waals surface area contributed by atoms with Crippen molar-refractivity contribution in [1.29, 1.82) is 5.26 Å². The molecule has 5 atom stereocenters. The number of hydrogen-bond donors (Lipinski definition) is 2. The molecule has 1 aromatic carbocycles. The molecule has 3 heterocycles. The van der Waals surface area contributed by atoms with E-state index in [9.17, 15) is 14.9 Å². The monoisotopic (exact) mass is 486 g/mol. The van der Waals surface area contributed by atoms with E-state index in [-0.39, 0.29) is 36.0 Å². The molecule has 0 radical (unpaired) electrons. The van der Waals surface area contributed by atoms with Crippen molar-refractivity contribution in [3.63, 3.8) is 0 Å². The van der Waals surface area contributed by atoms with Crippen LogP contribution in [0, 0.1) is 11.3 Å². The zero-order chi connectivity index (χ0) is 23.8. The summed E-state index contributed by atoms with van der Waals surface area (Å²) in [7, 11) is 1.62. The van der Waals surface area contributed by atoms with Gasteiger partial charge in [0.15, 0.2) is 0 Å². The summed E-state index contributed by atoms with van der Waals surface area (Å²) in [6, 6.07) is 7.28. The number of piperazine rings is 1. The van der Waals surface area contributed by atoms with Crippen LogP contribution < -0.4 is 11.2 Å². The van der Waals surface area contributed by atoms with Gasteiger partial charge in [-0.05, 0) is 55.4 Å². The molecule has 0 saturated carbocycles. The van der Waals surface area contributed by atoms with Gasteiger partial charge in [0.25, 0.3) is 0 Å². The van der Waals surface area contributed by atoms with Crippen LogP contribution in [0.4, 0.5) is 0 Å². The van der Waals surface area contributed by atoms with Crippen LogP contribution in [0.25, 0.3) is 0 Å². The number of rotatable bonds is 8. The van der Waals surface area contributed by atoms with Crippen LogP contribution in [-0.4, -0.2) is 77.4 Å². The van der Waals surface area contributed by atoms with Crippen LogP contribution in [0.5, 0.6) is 0 Å². The summed E-state index contributed by atoms with van der Waals surface area (Å²) >= 11 is 1.14. The molecule has 5 rings (SSSR count). The second kappa shape index (κ2) is 9.81. The summed E-state index contributed by atoms with van der Waals surface area (Å²) in [4.78, 5) is 37.6. The van der Waals surface area contributed by atoms with Crippen LogP contribution in [0.15, 0.2) is 23.1 Å². The average Bonchev–Trinajstić information content (AvgIpc) is 3.61. The second-order valence-corrected chi connectivity index (χ2v) is 10.2. The Kier molecular flexibility index (Phi) is 6.79. The molecule has 34 heavy (non-hydrogen) atoms. The SMILES string of the molecule is CNOOSc1ccc2c(c1)CC[C@@H]2N1C(=O)[C@H]2CC1CN2C[C@H](N)C(=O)N1CCC[C@H]1C#N. The minimum absolute atomic E-state index is 0.0875. The highest BCUT2D eigenvalue weighted by atomic mass is 32.2. The van der Waals surface area contributed by atoms with Crippen molar-refractivity contribution in [2.24, 2.45) is 5.73 Å². The molecule has 10 nitrogen and oxygen atoms in total. The van der Waals surface area contributed by atoms with Crippen LogP contribution in [-0.2, 0) is 25.3 Å². The minimum atomic E-state index is -0.716. The Bertz CT molecular complexity index is 1000. The molecule has 3 N–H and O–H groups in total. The topological polar surface area (TPSA) is 124 Å². The Hall–Kier alpha value is -2.20. The van der Waals surface area contributed by atoms with E-state index in [4.69, 9.17) is 15.1 Å². The summed E-state index contributed by atoms with van der Waals surface area (Å²) in [6.45, 7) is 1.66. The maximum Gasteiger partial charge on any atom is 0.241 e.